The van der Waals surface area contributed by atoms with Crippen molar-refractivity contribution in [3.05, 3.63) is 34.9 Å². The molecule has 2 aliphatic rings. The zero-order chi connectivity index (χ0) is 15.5. The largest absolute Gasteiger partial charge is 0.480 e. The Morgan fingerprint density at radius 2 is 1.91 bits per heavy atom. The number of carbonyl (C=O) groups is 2. The number of rotatable bonds is 5. The van der Waals surface area contributed by atoms with E-state index in [9.17, 15) is 14.7 Å². The first-order valence-electron chi connectivity index (χ1n) is 8.27. The van der Waals surface area contributed by atoms with E-state index >= 15 is 0 Å². The molecule has 1 unspecified atom stereocenters. The van der Waals surface area contributed by atoms with Gasteiger partial charge in [0.1, 0.15) is 6.04 Å². The number of aliphatic carboxylic acids is 1. The Bertz CT molecular complexity index is 582. The summed E-state index contributed by atoms with van der Waals surface area (Å²) in [5.41, 5.74) is 3.49. The molecule has 1 aromatic carbocycles. The number of hydrogen-bond acceptors (Lipinski definition) is 3. The number of Topliss-reactive ketones (excluding diaryl/α,β-unsaturated/α-hetero) is 1. The minimum Gasteiger partial charge on any atom is -0.480 e. The molecule has 1 N–H and O–H groups in total. The number of benzene rings is 1. The van der Waals surface area contributed by atoms with E-state index < -0.39 is 12.0 Å². The van der Waals surface area contributed by atoms with Crippen molar-refractivity contribution in [3.8, 4) is 0 Å². The maximum atomic E-state index is 12.4. The third kappa shape index (κ3) is 3.22. The number of carbonyl (C=O) groups excluding carboxylic acids is 1. The zero-order valence-electron chi connectivity index (χ0n) is 12.9. The Morgan fingerprint density at radius 3 is 2.68 bits per heavy atom. The summed E-state index contributed by atoms with van der Waals surface area (Å²) < 4.78 is 0. The van der Waals surface area contributed by atoms with Crippen molar-refractivity contribution >= 4 is 11.8 Å². The van der Waals surface area contributed by atoms with E-state index in [0.717, 1.165) is 31.4 Å². The van der Waals surface area contributed by atoms with Crippen LogP contribution < -0.4 is 0 Å². The fourth-order valence-corrected chi connectivity index (χ4v) is 3.67. The molecule has 1 aromatic rings. The number of nitrogens with zero attached hydrogens (tertiary/aromatic N) is 1. The van der Waals surface area contributed by atoms with Crippen molar-refractivity contribution in [1.29, 1.82) is 0 Å². The second kappa shape index (κ2) is 6.61. The second-order valence-electron chi connectivity index (χ2n) is 6.40. The van der Waals surface area contributed by atoms with E-state index in [1.807, 2.05) is 11.0 Å². The summed E-state index contributed by atoms with van der Waals surface area (Å²) in [6, 6.07) is 5.68. The molecule has 1 heterocycles. The van der Waals surface area contributed by atoms with Crippen LogP contribution in [0.25, 0.3) is 0 Å². The summed E-state index contributed by atoms with van der Waals surface area (Å²) in [7, 11) is 0. The summed E-state index contributed by atoms with van der Waals surface area (Å²) in [5, 5.41) is 9.17. The molecule has 1 aliphatic carbocycles. The molecule has 1 aliphatic heterocycles. The lowest BCUT2D eigenvalue weighted by Crippen LogP contribution is -2.37. The van der Waals surface area contributed by atoms with Gasteiger partial charge in [0.15, 0.2) is 5.78 Å². The highest BCUT2D eigenvalue weighted by Crippen LogP contribution is 2.23. The molecule has 118 valence electrons. The molecule has 4 nitrogen and oxygen atoms in total. The van der Waals surface area contributed by atoms with Gasteiger partial charge in [-0.2, -0.15) is 0 Å². The van der Waals surface area contributed by atoms with Crippen LogP contribution in [-0.4, -0.2) is 40.9 Å². The standard InChI is InChI=1S/C18H23NO3/c20-17(9-11-19-10-3-6-16(19)18(21)22)15-8-7-13-4-1-2-5-14(13)12-15/h7-8,12,16H,1-6,9-11H2,(H,21,22). The minimum atomic E-state index is -0.765. The summed E-state index contributed by atoms with van der Waals surface area (Å²) in [6.45, 7) is 1.33. The molecule has 1 saturated heterocycles. The highest BCUT2D eigenvalue weighted by molar-refractivity contribution is 5.96. The van der Waals surface area contributed by atoms with Crippen molar-refractivity contribution in [2.75, 3.05) is 13.1 Å². The number of aryl methyl sites for hydroxylation is 2. The smallest absolute Gasteiger partial charge is 0.320 e. The average Bonchev–Trinajstić information content (AvgIpc) is 3.01. The van der Waals surface area contributed by atoms with Gasteiger partial charge in [-0.05, 0) is 62.3 Å². The average molecular weight is 301 g/mol. The minimum absolute atomic E-state index is 0.129. The molecule has 1 fully saturated rings. The lowest BCUT2D eigenvalue weighted by molar-refractivity contribution is -0.142. The van der Waals surface area contributed by atoms with Crippen LogP contribution in [0.15, 0.2) is 18.2 Å². The molecule has 0 bridgehead atoms. The topological polar surface area (TPSA) is 57.6 Å². The monoisotopic (exact) mass is 301 g/mol. The summed E-state index contributed by atoms with van der Waals surface area (Å²) in [4.78, 5) is 25.5. The summed E-state index contributed by atoms with van der Waals surface area (Å²) >= 11 is 0. The lowest BCUT2D eigenvalue weighted by atomic mass is 9.89. The summed E-state index contributed by atoms with van der Waals surface area (Å²) in [5.74, 6) is -0.636. The fraction of sp³-hybridized carbons (Fsp3) is 0.556. The molecule has 22 heavy (non-hydrogen) atoms. The fourth-order valence-electron chi connectivity index (χ4n) is 3.67. The first-order chi connectivity index (χ1) is 10.6. The van der Waals surface area contributed by atoms with Crippen LogP contribution in [-0.2, 0) is 17.6 Å². The Labute approximate surface area is 131 Å². The third-order valence-corrected chi connectivity index (χ3v) is 4.95. The summed E-state index contributed by atoms with van der Waals surface area (Å²) in [6.07, 6.45) is 6.65. The van der Waals surface area contributed by atoms with E-state index in [0.29, 0.717) is 19.4 Å². The molecule has 0 saturated carbocycles. The quantitative estimate of drug-likeness (QED) is 0.850. The van der Waals surface area contributed by atoms with Crippen molar-refractivity contribution < 1.29 is 14.7 Å². The van der Waals surface area contributed by atoms with Crippen LogP contribution in [0.2, 0.25) is 0 Å². The third-order valence-electron chi connectivity index (χ3n) is 4.95. The van der Waals surface area contributed by atoms with Gasteiger partial charge >= 0.3 is 5.97 Å². The van der Waals surface area contributed by atoms with Crippen molar-refractivity contribution in [2.24, 2.45) is 0 Å². The second-order valence-corrected chi connectivity index (χ2v) is 6.40. The maximum absolute atomic E-state index is 12.4. The van der Waals surface area contributed by atoms with Crippen LogP contribution in [0.1, 0.15) is 53.6 Å². The molecule has 0 aromatic heterocycles. The molecule has 0 amide bonds. The molecular formula is C18H23NO3. The number of ketones is 1. The Hall–Kier alpha value is -1.68. The maximum Gasteiger partial charge on any atom is 0.320 e. The molecule has 1 atom stereocenters. The van der Waals surface area contributed by atoms with Gasteiger partial charge in [0.2, 0.25) is 0 Å². The van der Waals surface area contributed by atoms with Crippen molar-refractivity contribution in [2.45, 2.75) is 51.0 Å². The Morgan fingerprint density at radius 1 is 1.14 bits per heavy atom. The van der Waals surface area contributed by atoms with Crippen molar-refractivity contribution in [1.82, 2.24) is 4.90 Å². The van der Waals surface area contributed by atoms with Gasteiger partial charge in [-0.3, -0.25) is 14.5 Å². The Kier molecular flexibility index (Phi) is 4.57. The van der Waals surface area contributed by atoms with Gasteiger partial charge in [-0.1, -0.05) is 12.1 Å². The molecule has 0 spiro atoms. The van der Waals surface area contributed by atoms with E-state index in [1.54, 1.807) is 0 Å². The van der Waals surface area contributed by atoms with Crippen molar-refractivity contribution in [3.63, 3.8) is 0 Å². The van der Waals surface area contributed by atoms with Crippen LogP contribution in [0.5, 0.6) is 0 Å². The predicted molar refractivity (Wildman–Crippen MR) is 84.3 cm³/mol. The van der Waals surface area contributed by atoms with Crippen LogP contribution >= 0.6 is 0 Å². The van der Waals surface area contributed by atoms with Crippen LogP contribution in [0.3, 0.4) is 0 Å². The lowest BCUT2D eigenvalue weighted by Gasteiger charge is -2.20. The first-order valence-corrected chi connectivity index (χ1v) is 8.27. The van der Waals surface area contributed by atoms with E-state index in [2.05, 4.69) is 12.1 Å². The zero-order valence-corrected chi connectivity index (χ0v) is 12.9. The number of likely N-dealkylation sites (tertiary alicyclic amines) is 1. The number of fused-ring (bicyclic) bond motifs is 1. The molecular weight excluding hydrogens is 278 g/mol. The number of hydrogen-bond donors (Lipinski definition) is 1. The van der Waals surface area contributed by atoms with Gasteiger partial charge in [0.05, 0.1) is 0 Å². The highest BCUT2D eigenvalue weighted by Gasteiger charge is 2.30. The van der Waals surface area contributed by atoms with Crippen LogP contribution in [0, 0.1) is 0 Å². The van der Waals surface area contributed by atoms with Gasteiger partial charge in [-0.25, -0.2) is 0 Å². The van der Waals surface area contributed by atoms with Gasteiger partial charge in [0, 0.05) is 18.5 Å². The SMILES string of the molecule is O=C(CCN1CCCC1C(=O)O)c1ccc2c(c1)CCCC2. The van der Waals surface area contributed by atoms with Gasteiger partial charge in [0.25, 0.3) is 0 Å². The molecule has 0 radical (unpaired) electrons. The number of carboxylic acids is 1. The van der Waals surface area contributed by atoms with Crippen LogP contribution in [0.4, 0.5) is 0 Å². The Balaban J connectivity index is 1.61. The van der Waals surface area contributed by atoms with E-state index in [1.165, 1.54) is 24.0 Å². The van der Waals surface area contributed by atoms with E-state index in [4.69, 9.17) is 0 Å². The molecule has 4 heteroatoms. The number of carboxylic acid groups (broad SMARTS) is 1. The molecule has 3 rings (SSSR count). The highest BCUT2D eigenvalue weighted by atomic mass is 16.4. The van der Waals surface area contributed by atoms with Gasteiger partial charge in [-0.15, -0.1) is 0 Å². The predicted octanol–water partition coefficient (Wildman–Crippen LogP) is 2.69. The normalized spacial score (nSPS) is 21.5. The van der Waals surface area contributed by atoms with E-state index in [-0.39, 0.29) is 5.78 Å². The first kappa shape index (κ1) is 15.2. The van der Waals surface area contributed by atoms with Gasteiger partial charge < -0.3 is 5.11 Å².